The number of nitrogens with zero attached hydrogens (tertiary/aromatic N) is 4. The summed E-state index contributed by atoms with van der Waals surface area (Å²) >= 11 is 5.82. The second-order valence-electron chi connectivity index (χ2n) is 3.58. The second-order valence-corrected chi connectivity index (χ2v) is 4.01. The molecule has 1 aromatic carbocycles. The third-order valence-electron chi connectivity index (χ3n) is 2.39. The maximum absolute atomic E-state index is 5.82. The molecule has 18 heavy (non-hydrogen) atoms. The van der Waals surface area contributed by atoms with Gasteiger partial charge >= 0.3 is 0 Å². The lowest BCUT2D eigenvalue weighted by Gasteiger charge is -2.10. The summed E-state index contributed by atoms with van der Waals surface area (Å²) in [5, 5.41) is 12.8. The van der Waals surface area contributed by atoms with E-state index in [2.05, 4.69) is 15.4 Å². The average Bonchev–Trinajstić information content (AvgIpc) is 2.85. The Morgan fingerprint density at radius 3 is 2.50 bits per heavy atom. The largest absolute Gasteiger partial charge is 0.354 e. The molecule has 0 aliphatic rings. The van der Waals surface area contributed by atoms with Gasteiger partial charge < -0.3 is 9.47 Å². The van der Waals surface area contributed by atoms with Crippen LogP contribution >= 0.6 is 11.6 Å². The summed E-state index contributed by atoms with van der Waals surface area (Å²) in [7, 11) is 3.12. The van der Waals surface area contributed by atoms with Gasteiger partial charge in [0.05, 0.1) is 0 Å². The Morgan fingerprint density at radius 2 is 1.89 bits per heavy atom. The molecular weight excluding hydrogens is 256 g/mol. The van der Waals surface area contributed by atoms with E-state index in [9.17, 15) is 0 Å². The smallest absolute Gasteiger partial charge is 0.204 e. The number of methoxy groups -OCH3 is 2. The Hall–Kier alpha value is -1.50. The summed E-state index contributed by atoms with van der Waals surface area (Å²) in [5.41, 5.74) is 0.858. The molecule has 0 fully saturated rings. The zero-order chi connectivity index (χ0) is 13.0. The molecule has 2 aromatic rings. The summed E-state index contributed by atoms with van der Waals surface area (Å²) in [6.07, 6.45) is -0.391. The van der Waals surface area contributed by atoms with E-state index in [0.717, 1.165) is 5.56 Å². The highest BCUT2D eigenvalue weighted by Gasteiger charge is 2.10. The fourth-order valence-corrected chi connectivity index (χ4v) is 1.54. The standard InChI is InChI=1S/C11H13ClN4O2/c1-17-10(18-2)7-16-14-11(13-15-16)8-3-5-9(12)6-4-8/h3-6,10H,7H2,1-2H3. The monoisotopic (exact) mass is 268 g/mol. The fourth-order valence-electron chi connectivity index (χ4n) is 1.41. The van der Waals surface area contributed by atoms with Crippen molar-refractivity contribution >= 4 is 11.6 Å². The molecule has 0 amide bonds. The first kappa shape index (κ1) is 12.9. The molecule has 1 heterocycles. The molecule has 0 aliphatic heterocycles. The quantitative estimate of drug-likeness (QED) is 0.771. The van der Waals surface area contributed by atoms with Gasteiger partial charge in [0, 0.05) is 24.8 Å². The molecule has 0 radical (unpaired) electrons. The van der Waals surface area contributed by atoms with Crippen molar-refractivity contribution in [2.45, 2.75) is 12.8 Å². The Morgan fingerprint density at radius 1 is 1.22 bits per heavy atom. The van der Waals surface area contributed by atoms with Gasteiger partial charge in [-0.25, -0.2) is 0 Å². The van der Waals surface area contributed by atoms with Gasteiger partial charge in [-0.3, -0.25) is 0 Å². The van der Waals surface area contributed by atoms with Crippen LogP contribution in [0, 0.1) is 0 Å². The summed E-state index contributed by atoms with van der Waals surface area (Å²) in [4.78, 5) is 1.43. The SMILES string of the molecule is COC(Cn1nnc(-c2ccc(Cl)cc2)n1)OC. The Bertz CT molecular complexity index is 496. The first-order chi connectivity index (χ1) is 8.72. The normalized spacial score (nSPS) is 11.1. The van der Waals surface area contributed by atoms with Crippen LogP contribution in [-0.4, -0.2) is 40.7 Å². The maximum Gasteiger partial charge on any atom is 0.204 e. The predicted octanol–water partition coefficient (Wildman–Crippen LogP) is 1.61. The molecule has 7 heteroatoms. The molecule has 96 valence electrons. The van der Waals surface area contributed by atoms with Crippen molar-refractivity contribution in [2.24, 2.45) is 0 Å². The van der Waals surface area contributed by atoms with E-state index < -0.39 is 6.29 Å². The number of tetrazole rings is 1. The lowest BCUT2D eigenvalue weighted by Crippen LogP contribution is -2.22. The zero-order valence-electron chi connectivity index (χ0n) is 10.1. The second kappa shape index (κ2) is 5.90. The highest BCUT2D eigenvalue weighted by molar-refractivity contribution is 6.30. The highest BCUT2D eigenvalue weighted by atomic mass is 35.5. The highest BCUT2D eigenvalue weighted by Crippen LogP contribution is 2.16. The summed E-state index contributed by atoms with van der Waals surface area (Å²) < 4.78 is 10.1. The average molecular weight is 269 g/mol. The van der Waals surface area contributed by atoms with E-state index in [1.54, 1.807) is 26.4 Å². The van der Waals surface area contributed by atoms with E-state index in [0.29, 0.717) is 17.4 Å². The molecule has 0 aliphatic carbocycles. The zero-order valence-corrected chi connectivity index (χ0v) is 10.8. The minimum atomic E-state index is -0.391. The molecule has 0 unspecified atom stereocenters. The van der Waals surface area contributed by atoms with Gasteiger partial charge in [0.1, 0.15) is 6.54 Å². The van der Waals surface area contributed by atoms with Crippen molar-refractivity contribution < 1.29 is 9.47 Å². The topological polar surface area (TPSA) is 62.1 Å². The first-order valence-electron chi connectivity index (χ1n) is 5.32. The number of aromatic nitrogens is 4. The maximum atomic E-state index is 5.82. The van der Waals surface area contributed by atoms with Crippen molar-refractivity contribution in [2.75, 3.05) is 14.2 Å². The minimum absolute atomic E-state index is 0.383. The summed E-state index contributed by atoms with van der Waals surface area (Å²) in [6, 6.07) is 7.25. The molecule has 0 atom stereocenters. The Labute approximate surface area is 109 Å². The third kappa shape index (κ3) is 3.04. The molecule has 2 rings (SSSR count). The van der Waals surface area contributed by atoms with E-state index in [1.165, 1.54) is 4.80 Å². The van der Waals surface area contributed by atoms with E-state index in [4.69, 9.17) is 21.1 Å². The van der Waals surface area contributed by atoms with Crippen molar-refractivity contribution in [3.8, 4) is 11.4 Å². The molecule has 0 saturated heterocycles. The van der Waals surface area contributed by atoms with Crippen molar-refractivity contribution in [1.29, 1.82) is 0 Å². The third-order valence-corrected chi connectivity index (χ3v) is 2.65. The molecule has 0 spiro atoms. The number of ether oxygens (including phenoxy) is 2. The first-order valence-corrected chi connectivity index (χ1v) is 5.70. The molecule has 0 saturated carbocycles. The van der Waals surface area contributed by atoms with E-state index in [1.807, 2.05) is 12.1 Å². The van der Waals surface area contributed by atoms with Gasteiger partial charge in [0.25, 0.3) is 0 Å². The number of halogens is 1. The molecule has 1 aromatic heterocycles. The van der Waals surface area contributed by atoms with Crippen LogP contribution in [0.15, 0.2) is 24.3 Å². The van der Waals surface area contributed by atoms with Crippen molar-refractivity contribution in [1.82, 2.24) is 20.2 Å². The molecular formula is C11H13ClN4O2. The van der Waals surface area contributed by atoms with Crippen LogP contribution < -0.4 is 0 Å². The van der Waals surface area contributed by atoms with Crippen molar-refractivity contribution in [3.05, 3.63) is 29.3 Å². The number of benzene rings is 1. The predicted molar refractivity (Wildman–Crippen MR) is 66.1 cm³/mol. The van der Waals surface area contributed by atoms with Crippen LogP contribution in [0.5, 0.6) is 0 Å². The van der Waals surface area contributed by atoms with Gasteiger partial charge in [-0.2, -0.15) is 4.80 Å². The van der Waals surface area contributed by atoms with Crippen LogP contribution in [0.2, 0.25) is 5.02 Å². The minimum Gasteiger partial charge on any atom is -0.354 e. The van der Waals surface area contributed by atoms with Crippen molar-refractivity contribution in [3.63, 3.8) is 0 Å². The van der Waals surface area contributed by atoms with Gasteiger partial charge in [0.15, 0.2) is 6.29 Å². The van der Waals surface area contributed by atoms with Gasteiger partial charge in [0.2, 0.25) is 5.82 Å². The number of rotatable bonds is 5. The lowest BCUT2D eigenvalue weighted by atomic mass is 10.2. The molecule has 0 bridgehead atoms. The lowest BCUT2D eigenvalue weighted by molar-refractivity contribution is -0.114. The summed E-state index contributed by atoms with van der Waals surface area (Å²) in [5.74, 6) is 0.539. The molecule has 6 nitrogen and oxygen atoms in total. The Balaban J connectivity index is 2.12. The van der Waals surface area contributed by atoms with E-state index >= 15 is 0 Å². The van der Waals surface area contributed by atoms with Crippen LogP contribution in [0.25, 0.3) is 11.4 Å². The number of hydrogen-bond acceptors (Lipinski definition) is 5. The summed E-state index contributed by atoms with van der Waals surface area (Å²) in [6.45, 7) is 0.383. The number of hydrogen-bond donors (Lipinski definition) is 0. The molecule has 0 N–H and O–H groups in total. The van der Waals surface area contributed by atoms with Crippen LogP contribution in [0.4, 0.5) is 0 Å². The van der Waals surface area contributed by atoms with E-state index in [-0.39, 0.29) is 0 Å². The Kier molecular flexibility index (Phi) is 4.24. The fraction of sp³-hybridized carbons (Fsp3) is 0.364. The van der Waals surface area contributed by atoms with Gasteiger partial charge in [-0.1, -0.05) is 11.6 Å². The van der Waals surface area contributed by atoms with Crippen LogP contribution in [0.3, 0.4) is 0 Å². The van der Waals surface area contributed by atoms with Gasteiger partial charge in [-0.05, 0) is 29.5 Å². The van der Waals surface area contributed by atoms with Crippen LogP contribution in [-0.2, 0) is 16.0 Å². The van der Waals surface area contributed by atoms with Gasteiger partial charge in [-0.15, -0.1) is 10.2 Å². The van der Waals surface area contributed by atoms with Crippen LogP contribution in [0.1, 0.15) is 0 Å².